The number of benzene rings is 1. The van der Waals surface area contributed by atoms with Crippen molar-refractivity contribution >= 4 is 5.91 Å². The molecular formula is C19H30N2O2. The Labute approximate surface area is 139 Å². The molecule has 4 unspecified atom stereocenters. The van der Waals surface area contributed by atoms with Gasteiger partial charge in [0.05, 0.1) is 6.10 Å². The SMILES string of the molecule is CCOC1CC(N)(C(=O)NC(C)C(C)c2ccccc2)C1(C)C. The molecule has 3 N–H and O–H groups in total. The van der Waals surface area contributed by atoms with E-state index >= 15 is 0 Å². The fourth-order valence-electron chi connectivity index (χ4n) is 3.33. The third-order valence-electron chi connectivity index (χ3n) is 5.67. The van der Waals surface area contributed by atoms with Crippen molar-refractivity contribution in [1.82, 2.24) is 5.32 Å². The smallest absolute Gasteiger partial charge is 0.241 e. The summed E-state index contributed by atoms with van der Waals surface area (Å²) in [6, 6.07) is 10.2. The number of hydrogen-bond acceptors (Lipinski definition) is 3. The van der Waals surface area contributed by atoms with Gasteiger partial charge in [-0.25, -0.2) is 0 Å². The van der Waals surface area contributed by atoms with E-state index in [1.165, 1.54) is 5.56 Å². The highest BCUT2D eigenvalue weighted by Gasteiger charge is 2.62. The highest BCUT2D eigenvalue weighted by molar-refractivity contribution is 5.89. The zero-order valence-electron chi connectivity index (χ0n) is 14.9. The summed E-state index contributed by atoms with van der Waals surface area (Å²) in [7, 11) is 0. The number of rotatable bonds is 6. The Kier molecular flexibility index (Phi) is 5.17. The molecule has 0 heterocycles. The van der Waals surface area contributed by atoms with Gasteiger partial charge in [-0.2, -0.15) is 0 Å². The average molecular weight is 318 g/mol. The second-order valence-corrected chi connectivity index (χ2v) is 7.30. The van der Waals surface area contributed by atoms with Crippen molar-refractivity contribution in [3.8, 4) is 0 Å². The molecule has 4 atom stereocenters. The molecule has 0 radical (unpaired) electrons. The Morgan fingerprint density at radius 1 is 1.35 bits per heavy atom. The van der Waals surface area contributed by atoms with Crippen molar-refractivity contribution < 1.29 is 9.53 Å². The lowest BCUT2D eigenvalue weighted by atomic mass is 9.54. The van der Waals surface area contributed by atoms with Gasteiger partial charge in [0.25, 0.3) is 0 Å². The van der Waals surface area contributed by atoms with E-state index in [0.717, 1.165) is 0 Å². The van der Waals surface area contributed by atoms with Crippen LogP contribution in [0.25, 0.3) is 0 Å². The van der Waals surface area contributed by atoms with Gasteiger partial charge in [0.15, 0.2) is 0 Å². The maximum absolute atomic E-state index is 12.8. The average Bonchev–Trinajstić information content (AvgIpc) is 2.54. The van der Waals surface area contributed by atoms with E-state index in [1.807, 2.05) is 45.9 Å². The summed E-state index contributed by atoms with van der Waals surface area (Å²) in [5.41, 5.74) is 6.43. The minimum absolute atomic E-state index is 0.0206. The highest BCUT2D eigenvalue weighted by Crippen LogP contribution is 2.49. The first-order valence-corrected chi connectivity index (χ1v) is 8.50. The molecule has 0 aliphatic heterocycles. The highest BCUT2D eigenvalue weighted by atomic mass is 16.5. The maximum Gasteiger partial charge on any atom is 0.241 e. The molecule has 1 saturated carbocycles. The van der Waals surface area contributed by atoms with Crippen LogP contribution in [0.2, 0.25) is 0 Å². The van der Waals surface area contributed by atoms with E-state index in [9.17, 15) is 4.79 Å². The second kappa shape index (κ2) is 6.62. The molecule has 0 spiro atoms. The number of carbonyl (C=O) groups excluding carboxylic acids is 1. The van der Waals surface area contributed by atoms with Crippen LogP contribution < -0.4 is 11.1 Å². The summed E-state index contributed by atoms with van der Waals surface area (Å²) in [5.74, 6) is 0.156. The Bertz CT molecular complexity index is 544. The summed E-state index contributed by atoms with van der Waals surface area (Å²) < 4.78 is 5.70. The third-order valence-corrected chi connectivity index (χ3v) is 5.67. The topological polar surface area (TPSA) is 64.3 Å². The van der Waals surface area contributed by atoms with Gasteiger partial charge in [-0.1, -0.05) is 51.1 Å². The van der Waals surface area contributed by atoms with Crippen LogP contribution in [-0.4, -0.2) is 30.2 Å². The zero-order chi connectivity index (χ0) is 17.3. The molecule has 1 aliphatic rings. The number of ether oxygens (including phenoxy) is 1. The predicted molar refractivity (Wildman–Crippen MR) is 93.2 cm³/mol. The molecule has 4 heteroatoms. The third kappa shape index (κ3) is 3.15. The first-order chi connectivity index (χ1) is 10.7. The van der Waals surface area contributed by atoms with Crippen molar-refractivity contribution in [1.29, 1.82) is 0 Å². The largest absolute Gasteiger partial charge is 0.378 e. The number of nitrogens with two attached hydrogens (primary N) is 1. The lowest BCUT2D eigenvalue weighted by Crippen LogP contribution is -2.76. The quantitative estimate of drug-likeness (QED) is 0.847. The molecule has 0 bridgehead atoms. The molecule has 0 saturated heterocycles. The Balaban J connectivity index is 2.02. The molecule has 2 rings (SSSR count). The van der Waals surface area contributed by atoms with Crippen LogP contribution in [0.3, 0.4) is 0 Å². The fraction of sp³-hybridized carbons (Fsp3) is 0.632. The molecule has 128 valence electrons. The van der Waals surface area contributed by atoms with Crippen LogP contribution in [-0.2, 0) is 9.53 Å². The van der Waals surface area contributed by atoms with E-state index in [4.69, 9.17) is 10.5 Å². The van der Waals surface area contributed by atoms with Gasteiger partial charge in [0.1, 0.15) is 5.54 Å². The van der Waals surface area contributed by atoms with Crippen LogP contribution in [0, 0.1) is 5.41 Å². The molecule has 1 aromatic carbocycles. The first-order valence-electron chi connectivity index (χ1n) is 8.50. The molecule has 1 aromatic rings. The van der Waals surface area contributed by atoms with Gasteiger partial charge in [0, 0.05) is 30.4 Å². The van der Waals surface area contributed by atoms with E-state index in [1.54, 1.807) is 0 Å². The van der Waals surface area contributed by atoms with Crippen LogP contribution in [0.4, 0.5) is 0 Å². The monoisotopic (exact) mass is 318 g/mol. The first kappa shape index (κ1) is 18.0. The maximum atomic E-state index is 12.8. The van der Waals surface area contributed by atoms with Crippen molar-refractivity contribution in [2.24, 2.45) is 11.1 Å². The Morgan fingerprint density at radius 3 is 2.48 bits per heavy atom. The van der Waals surface area contributed by atoms with E-state index < -0.39 is 5.54 Å². The van der Waals surface area contributed by atoms with Gasteiger partial charge in [0.2, 0.25) is 5.91 Å². The summed E-state index contributed by atoms with van der Waals surface area (Å²) in [6.07, 6.45) is 0.622. The standard InChI is InChI=1S/C19H30N2O2/c1-6-23-16-12-19(20,18(16,4)5)17(22)21-14(3)13(2)15-10-8-7-9-11-15/h7-11,13-14,16H,6,12,20H2,1-5H3,(H,21,22). The van der Waals surface area contributed by atoms with Gasteiger partial charge in [-0.15, -0.1) is 0 Å². The van der Waals surface area contributed by atoms with Crippen LogP contribution in [0.15, 0.2) is 30.3 Å². The molecular weight excluding hydrogens is 288 g/mol. The second-order valence-electron chi connectivity index (χ2n) is 7.30. The molecule has 23 heavy (non-hydrogen) atoms. The van der Waals surface area contributed by atoms with Crippen molar-refractivity contribution in [3.05, 3.63) is 35.9 Å². The number of hydrogen-bond donors (Lipinski definition) is 2. The molecule has 0 aromatic heterocycles. The predicted octanol–water partition coefficient (Wildman–Crippen LogP) is 2.83. The van der Waals surface area contributed by atoms with Crippen LogP contribution >= 0.6 is 0 Å². The van der Waals surface area contributed by atoms with Gasteiger partial charge >= 0.3 is 0 Å². The van der Waals surface area contributed by atoms with E-state index in [2.05, 4.69) is 24.4 Å². The van der Waals surface area contributed by atoms with E-state index in [-0.39, 0.29) is 29.4 Å². The molecule has 1 aliphatic carbocycles. The number of carbonyl (C=O) groups is 1. The van der Waals surface area contributed by atoms with E-state index in [0.29, 0.717) is 13.0 Å². The molecule has 1 fully saturated rings. The Morgan fingerprint density at radius 2 is 1.96 bits per heavy atom. The zero-order valence-corrected chi connectivity index (χ0v) is 14.9. The molecule has 1 amide bonds. The minimum Gasteiger partial charge on any atom is -0.378 e. The summed E-state index contributed by atoms with van der Waals surface area (Å²) in [4.78, 5) is 12.8. The lowest BCUT2D eigenvalue weighted by molar-refractivity contribution is -0.171. The number of amides is 1. The van der Waals surface area contributed by atoms with Crippen LogP contribution in [0.5, 0.6) is 0 Å². The van der Waals surface area contributed by atoms with Crippen molar-refractivity contribution in [3.63, 3.8) is 0 Å². The summed E-state index contributed by atoms with van der Waals surface area (Å²) >= 11 is 0. The minimum atomic E-state index is -0.864. The van der Waals surface area contributed by atoms with Gasteiger partial charge in [-0.3, -0.25) is 4.79 Å². The van der Waals surface area contributed by atoms with Crippen molar-refractivity contribution in [2.45, 2.75) is 64.6 Å². The summed E-state index contributed by atoms with van der Waals surface area (Å²) in [6.45, 7) is 10.8. The van der Waals surface area contributed by atoms with Gasteiger partial charge in [-0.05, 0) is 19.4 Å². The Hall–Kier alpha value is -1.39. The lowest BCUT2D eigenvalue weighted by Gasteiger charge is -2.57. The fourth-order valence-corrected chi connectivity index (χ4v) is 3.33. The van der Waals surface area contributed by atoms with Crippen LogP contribution in [0.1, 0.15) is 52.5 Å². The summed E-state index contributed by atoms with van der Waals surface area (Å²) in [5, 5.41) is 3.12. The number of nitrogens with one attached hydrogen (secondary N) is 1. The normalized spacial score (nSPS) is 28.5. The van der Waals surface area contributed by atoms with Gasteiger partial charge < -0.3 is 15.8 Å². The van der Waals surface area contributed by atoms with Crippen molar-refractivity contribution in [2.75, 3.05) is 6.61 Å². The molecule has 4 nitrogen and oxygen atoms in total.